The van der Waals surface area contributed by atoms with E-state index in [2.05, 4.69) is 20.4 Å². The number of thioether (sulfide) groups is 1. The molecule has 1 aromatic heterocycles. The SMILES string of the molecule is O=C(N[C@H]1CCSc2ccc(Cl)cc21)C1CCN(c2ccc(Cl)nn2)CC1. The molecule has 0 unspecified atom stereocenters. The van der Waals surface area contributed by atoms with Gasteiger partial charge in [-0.3, -0.25) is 4.79 Å². The summed E-state index contributed by atoms with van der Waals surface area (Å²) < 4.78 is 0. The van der Waals surface area contributed by atoms with Crippen LogP contribution in [0, 0.1) is 5.92 Å². The summed E-state index contributed by atoms with van der Waals surface area (Å²) in [5, 5.41) is 12.4. The summed E-state index contributed by atoms with van der Waals surface area (Å²) in [5.74, 6) is 1.98. The van der Waals surface area contributed by atoms with E-state index >= 15 is 0 Å². The zero-order valence-corrected chi connectivity index (χ0v) is 17.0. The number of nitrogens with zero attached hydrogens (tertiary/aromatic N) is 3. The highest BCUT2D eigenvalue weighted by Crippen LogP contribution is 2.38. The number of halogens is 2. The first-order chi connectivity index (χ1) is 13.1. The van der Waals surface area contributed by atoms with Crippen molar-refractivity contribution in [2.75, 3.05) is 23.7 Å². The number of fused-ring (bicyclic) bond motifs is 1. The van der Waals surface area contributed by atoms with Crippen molar-refractivity contribution >= 4 is 46.7 Å². The van der Waals surface area contributed by atoms with Crippen LogP contribution in [0.5, 0.6) is 0 Å². The van der Waals surface area contributed by atoms with Gasteiger partial charge in [0.1, 0.15) is 0 Å². The van der Waals surface area contributed by atoms with Gasteiger partial charge in [0.25, 0.3) is 0 Å². The molecule has 1 aromatic carbocycles. The summed E-state index contributed by atoms with van der Waals surface area (Å²) >= 11 is 13.8. The van der Waals surface area contributed by atoms with Gasteiger partial charge in [-0.05, 0) is 55.2 Å². The molecular weight excluding hydrogens is 403 g/mol. The van der Waals surface area contributed by atoms with E-state index in [4.69, 9.17) is 23.2 Å². The quantitative estimate of drug-likeness (QED) is 0.796. The minimum Gasteiger partial charge on any atom is -0.355 e. The average Bonchev–Trinajstić information content (AvgIpc) is 2.69. The van der Waals surface area contributed by atoms with Crippen LogP contribution in [0.1, 0.15) is 30.9 Å². The number of amides is 1. The monoisotopic (exact) mass is 422 g/mol. The number of anilines is 1. The van der Waals surface area contributed by atoms with E-state index in [0.717, 1.165) is 49.5 Å². The first-order valence-electron chi connectivity index (χ1n) is 9.07. The first-order valence-corrected chi connectivity index (χ1v) is 10.8. The summed E-state index contributed by atoms with van der Waals surface area (Å²) in [4.78, 5) is 16.2. The normalized spacial score (nSPS) is 20.2. The van der Waals surface area contributed by atoms with E-state index in [-0.39, 0.29) is 17.9 Å². The van der Waals surface area contributed by atoms with E-state index in [1.54, 1.807) is 6.07 Å². The lowest BCUT2D eigenvalue weighted by atomic mass is 9.94. The van der Waals surface area contributed by atoms with Crippen LogP contribution in [0.3, 0.4) is 0 Å². The number of carbonyl (C=O) groups excluding carboxylic acids is 1. The van der Waals surface area contributed by atoms with Crippen molar-refractivity contribution < 1.29 is 4.79 Å². The molecule has 0 saturated carbocycles. The molecule has 0 aliphatic carbocycles. The Bertz CT molecular complexity index is 825. The fraction of sp³-hybridized carbons (Fsp3) is 0.421. The third kappa shape index (κ3) is 4.33. The molecule has 1 atom stereocenters. The van der Waals surface area contributed by atoms with Gasteiger partial charge < -0.3 is 10.2 Å². The van der Waals surface area contributed by atoms with Gasteiger partial charge in [-0.25, -0.2) is 0 Å². The van der Waals surface area contributed by atoms with Gasteiger partial charge in [0.2, 0.25) is 5.91 Å². The molecule has 3 heterocycles. The van der Waals surface area contributed by atoms with Gasteiger partial charge in [-0.1, -0.05) is 23.2 Å². The van der Waals surface area contributed by atoms with Crippen LogP contribution >= 0.6 is 35.0 Å². The van der Waals surface area contributed by atoms with Crippen LogP contribution in [0.25, 0.3) is 0 Å². The predicted molar refractivity (Wildman–Crippen MR) is 110 cm³/mol. The third-order valence-corrected chi connectivity index (χ3v) is 6.69. The molecule has 0 spiro atoms. The fourth-order valence-electron chi connectivity index (χ4n) is 3.65. The second-order valence-corrected chi connectivity index (χ2v) is 8.82. The molecule has 2 aromatic rings. The predicted octanol–water partition coefficient (Wildman–Crippen LogP) is 4.35. The molecule has 27 heavy (non-hydrogen) atoms. The first kappa shape index (κ1) is 18.8. The van der Waals surface area contributed by atoms with Crippen molar-refractivity contribution in [2.45, 2.75) is 30.2 Å². The molecule has 2 aliphatic heterocycles. The van der Waals surface area contributed by atoms with Gasteiger partial charge in [0, 0.05) is 34.7 Å². The van der Waals surface area contributed by atoms with Crippen molar-refractivity contribution in [2.24, 2.45) is 5.92 Å². The van der Waals surface area contributed by atoms with Gasteiger partial charge in [0.15, 0.2) is 11.0 Å². The van der Waals surface area contributed by atoms with Crippen molar-refractivity contribution in [1.29, 1.82) is 0 Å². The summed E-state index contributed by atoms with van der Waals surface area (Å²) in [6, 6.07) is 9.60. The Morgan fingerprint density at radius 3 is 2.67 bits per heavy atom. The zero-order chi connectivity index (χ0) is 18.8. The molecule has 1 fully saturated rings. The summed E-state index contributed by atoms with van der Waals surface area (Å²) in [6.07, 6.45) is 2.54. The lowest BCUT2D eigenvalue weighted by Crippen LogP contribution is -2.42. The molecule has 0 bridgehead atoms. The van der Waals surface area contributed by atoms with Crippen molar-refractivity contribution in [3.05, 3.63) is 46.1 Å². The standard InChI is InChI=1S/C19H20Cl2N4OS/c20-13-1-2-16-14(11-13)15(7-10-27-16)22-19(26)12-5-8-25(9-6-12)18-4-3-17(21)23-24-18/h1-4,11-12,15H,5-10H2,(H,22,26)/t15-/m0/s1. The summed E-state index contributed by atoms with van der Waals surface area (Å²) in [7, 11) is 0. The Morgan fingerprint density at radius 2 is 1.93 bits per heavy atom. The van der Waals surface area contributed by atoms with Crippen molar-refractivity contribution in [3.63, 3.8) is 0 Å². The largest absolute Gasteiger partial charge is 0.355 e. The van der Waals surface area contributed by atoms with Crippen LogP contribution in [0.15, 0.2) is 35.2 Å². The third-order valence-electron chi connectivity index (χ3n) is 5.14. The molecule has 0 radical (unpaired) electrons. The Kier molecular flexibility index (Phi) is 5.76. The van der Waals surface area contributed by atoms with Gasteiger partial charge in [-0.2, -0.15) is 0 Å². The Morgan fingerprint density at radius 1 is 1.11 bits per heavy atom. The lowest BCUT2D eigenvalue weighted by Gasteiger charge is -2.33. The van der Waals surface area contributed by atoms with Crippen molar-refractivity contribution in [3.8, 4) is 0 Å². The molecule has 1 N–H and O–H groups in total. The van der Waals surface area contributed by atoms with E-state index in [9.17, 15) is 4.79 Å². The summed E-state index contributed by atoms with van der Waals surface area (Å²) in [5.41, 5.74) is 1.14. The molecular formula is C19H20Cl2N4OS. The molecule has 1 amide bonds. The van der Waals surface area contributed by atoms with Crippen LogP contribution < -0.4 is 10.2 Å². The molecule has 142 valence electrons. The van der Waals surface area contributed by atoms with E-state index < -0.39 is 0 Å². The Balaban J connectivity index is 1.37. The molecule has 8 heteroatoms. The van der Waals surface area contributed by atoms with Crippen LogP contribution in [0.4, 0.5) is 5.82 Å². The zero-order valence-electron chi connectivity index (χ0n) is 14.7. The Hall–Kier alpha value is -1.50. The number of hydrogen-bond acceptors (Lipinski definition) is 5. The fourth-order valence-corrected chi connectivity index (χ4v) is 5.04. The van der Waals surface area contributed by atoms with Crippen LogP contribution in [0.2, 0.25) is 10.2 Å². The average molecular weight is 423 g/mol. The van der Waals surface area contributed by atoms with E-state index in [0.29, 0.717) is 10.2 Å². The Labute approximate surface area is 172 Å². The van der Waals surface area contributed by atoms with Gasteiger partial charge in [0.05, 0.1) is 6.04 Å². The van der Waals surface area contributed by atoms with Crippen molar-refractivity contribution in [1.82, 2.24) is 15.5 Å². The number of aromatic nitrogens is 2. The summed E-state index contributed by atoms with van der Waals surface area (Å²) in [6.45, 7) is 1.58. The maximum absolute atomic E-state index is 12.8. The highest BCUT2D eigenvalue weighted by molar-refractivity contribution is 7.99. The van der Waals surface area contributed by atoms with E-state index in [1.807, 2.05) is 36.0 Å². The van der Waals surface area contributed by atoms with Crippen LogP contribution in [-0.2, 0) is 4.79 Å². The van der Waals surface area contributed by atoms with Gasteiger partial charge in [-0.15, -0.1) is 22.0 Å². The van der Waals surface area contributed by atoms with Crippen LogP contribution in [-0.4, -0.2) is 34.9 Å². The number of piperidine rings is 1. The number of hydrogen-bond donors (Lipinski definition) is 1. The number of rotatable bonds is 3. The highest BCUT2D eigenvalue weighted by Gasteiger charge is 2.29. The lowest BCUT2D eigenvalue weighted by molar-refractivity contribution is -0.126. The molecule has 2 aliphatic rings. The highest BCUT2D eigenvalue weighted by atomic mass is 35.5. The van der Waals surface area contributed by atoms with E-state index in [1.165, 1.54) is 4.90 Å². The topological polar surface area (TPSA) is 58.1 Å². The number of carbonyl (C=O) groups is 1. The molecule has 5 nitrogen and oxygen atoms in total. The molecule has 1 saturated heterocycles. The second kappa shape index (κ2) is 8.25. The smallest absolute Gasteiger partial charge is 0.223 e. The van der Waals surface area contributed by atoms with Gasteiger partial charge >= 0.3 is 0 Å². The number of nitrogens with one attached hydrogen (secondary N) is 1. The number of benzene rings is 1. The minimum absolute atomic E-state index is 0.0266. The minimum atomic E-state index is 0.0266. The second-order valence-electron chi connectivity index (χ2n) is 6.86. The molecule has 4 rings (SSSR count). The maximum atomic E-state index is 12.8. The maximum Gasteiger partial charge on any atom is 0.223 e.